The van der Waals surface area contributed by atoms with Gasteiger partial charge in [0.25, 0.3) is 0 Å². The molecule has 1 aromatic rings. The van der Waals surface area contributed by atoms with Crippen LogP contribution in [0.2, 0.25) is 0 Å². The standard InChI is InChI=1S/C16H24N2/c1-2-17-10-8-16(13-17)9-11-18(14-16)12-15-6-4-3-5-7-15/h3-7H,2,8-14H2,1H3/t16-/m0/s1. The average molecular weight is 244 g/mol. The lowest BCUT2D eigenvalue weighted by Crippen LogP contribution is -2.30. The Hall–Kier alpha value is -0.860. The summed E-state index contributed by atoms with van der Waals surface area (Å²) in [5, 5.41) is 0. The highest BCUT2D eigenvalue weighted by Crippen LogP contribution is 2.39. The Kier molecular flexibility index (Phi) is 3.40. The lowest BCUT2D eigenvalue weighted by molar-refractivity contribution is 0.241. The van der Waals surface area contributed by atoms with Gasteiger partial charge in [-0.3, -0.25) is 4.90 Å². The van der Waals surface area contributed by atoms with E-state index in [1.54, 1.807) is 0 Å². The minimum absolute atomic E-state index is 0.616. The molecule has 0 saturated carbocycles. The molecule has 98 valence electrons. The molecule has 0 unspecified atom stereocenters. The van der Waals surface area contributed by atoms with E-state index in [1.165, 1.54) is 51.1 Å². The summed E-state index contributed by atoms with van der Waals surface area (Å²) in [6.07, 6.45) is 2.81. The Labute approximate surface area is 111 Å². The predicted molar refractivity (Wildman–Crippen MR) is 75.5 cm³/mol. The van der Waals surface area contributed by atoms with Gasteiger partial charge < -0.3 is 4.90 Å². The summed E-state index contributed by atoms with van der Waals surface area (Å²) in [5.74, 6) is 0. The number of likely N-dealkylation sites (tertiary alicyclic amines) is 2. The predicted octanol–water partition coefficient (Wildman–Crippen LogP) is 2.60. The smallest absolute Gasteiger partial charge is 0.0233 e. The monoisotopic (exact) mass is 244 g/mol. The molecule has 0 radical (unpaired) electrons. The summed E-state index contributed by atoms with van der Waals surface area (Å²) in [5.41, 5.74) is 2.07. The molecule has 2 heteroatoms. The second-order valence-corrected chi connectivity index (χ2v) is 6.07. The molecule has 0 aromatic heterocycles. The Balaban J connectivity index is 1.59. The molecular formula is C16H24N2. The van der Waals surface area contributed by atoms with Crippen LogP contribution in [0.3, 0.4) is 0 Å². The van der Waals surface area contributed by atoms with Gasteiger partial charge in [0.2, 0.25) is 0 Å². The zero-order chi connectivity index (χ0) is 12.4. The normalized spacial score (nSPS) is 29.4. The first-order chi connectivity index (χ1) is 8.80. The van der Waals surface area contributed by atoms with Crippen molar-refractivity contribution in [2.75, 3.05) is 32.7 Å². The molecule has 0 amide bonds. The van der Waals surface area contributed by atoms with Gasteiger partial charge in [0.05, 0.1) is 0 Å². The summed E-state index contributed by atoms with van der Waals surface area (Å²) >= 11 is 0. The molecule has 0 aliphatic carbocycles. The summed E-state index contributed by atoms with van der Waals surface area (Å²) in [7, 11) is 0. The molecule has 18 heavy (non-hydrogen) atoms. The van der Waals surface area contributed by atoms with Gasteiger partial charge in [-0.1, -0.05) is 37.3 Å². The highest BCUT2D eigenvalue weighted by atomic mass is 15.2. The first-order valence-corrected chi connectivity index (χ1v) is 7.28. The summed E-state index contributed by atoms with van der Waals surface area (Å²) < 4.78 is 0. The Morgan fingerprint density at radius 1 is 1.00 bits per heavy atom. The van der Waals surface area contributed by atoms with Crippen LogP contribution in [0.4, 0.5) is 0 Å². The zero-order valence-electron chi connectivity index (χ0n) is 11.4. The fraction of sp³-hybridized carbons (Fsp3) is 0.625. The highest BCUT2D eigenvalue weighted by molar-refractivity contribution is 5.15. The minimum atomic E-state index is 0.616. The van der Waals surface area contributed by atoms with Crippen LogP contribution in [-0.2, 0) is 6.54 Å². The second-order valence-electron chi connectivity index (χ2n) is 6.07. The molecule has 2 aliphatic rings. The molecule has 0 bridgehead atoms. The summed E-state index contributed by atoms with van der Waals surface area (Å²) in [6.45, 7) is 9.88. The van der Waals surface area contributed by atoms with Crippen molar-refractivity contribution in [1.29, 1.82) is 0 Å². The van der Waals surface area contributed by atoms with E-state index in [0.29, 0.717) is 5.41 Å². The number of hydrogen-bond acceptors (Lipinski definition) is 2. The van der Waals surface area contributed by atoms with Crippen molar-refractivity contribution in [2.45, 2.75) is 26.3 Å². The van der Waals surface area contributed by atoms with E-state index >= 15 is 0 Å². The van der Waals surface area contributed by atoms with E-state index in [0.717, 1.165) is 6.54 Å². The van der Waals surface area contributed by atoms with Crippen molar-refractivity contribution >= 4 is 0 Å². The van der Waals surface area contributed by atoms with Gasteiger partial charge >= 0.3 is 0 Å². The molecule has 3 rings (SSSR count). The summed E-state index contributed by atoms with van der Waals surface area (Å²) in [4.78, 5) is 5.26. The molecule has 2 fully saturated rings. The van der Waals surface area contributed by atoms with E-state index in [4.69, 9.17) is 0 Å². The van der Waals surface area contributed by atoms with Crippen LogP contribution in [-0.4, -0.2) is 42.5 Å². The fourth-order valence-electron chi connectivity index (χ4n) is 3.64. The maximum Gasteiger partial charge on any atom is 0.0233 e. The van der Waals surface area contributed by atoms with Crippen LogP contribution in [0.15, 0.2) is 30.3 Å². The molecule has 0 N–H and O–H groups in total. The highest BCUT2D eigenvalue weighted by Gasteiger charge is 2.42. The van der Waals surface area contributed by atoms with Crippen molar-refractivity contribution in [1.82, 2.24) is 9.80 Å². The van der Waals surface area contributed by atoms with E-state index in [1.807, 2.05) is 0 Å². The third-order valence-electron chi connectivity index (χ3n) is 4.73. The third-order valence-corrected chi connectivity index (χ3v) is 4.73. The Morgan fingerprint density at radius 3 is 2.33 bits per heavy atom. The average Bonchev–Trinajstić information content (AvgIpc) is 2.99. The molecule has 2 aliphatic heterocycles. The number of benzene rings is 1. The van der Waals surface area contributed by atoms with Crippen molar-refractivity contribution < 1.29 is 0 Å². The molecule has 2 heterocycles. The van der Waals surface area contributed by atoms with E-state index in [-0.39, 0.29) is 0 Å². The molecule has 2 saturated heterocycles. The van der Waals surface area contributed by atoms with Crippen molar-refractivity contribution in [3.05, 3.63) is 35.9 Å². The molecule has 2 nitrogen and oxygen atoms in total. The van der Waals surface area contributed by atoms with E-state index < -0.39 is 0 Å². The van der Waals surface area contributed by atoms with Crippen LogP contribution in [0.25, 0.3) is 0 Å². The zero-order valence-corrected chi connectivity index (χ0v) is 11.4. The van der Waals surface area contributed by atoms with Crippen LogP contribution in [0.1, 0.15) is 25.3 Å². The largest absolute Gasteiger partial charge is 0.303 e. The SMILES string of the molecule is CCN1CC[C@]2(CCN(Cc3ccccc3)C2)C1. The maximum absolute atomic E-state index is 2.65. The van der Waals surface area contributed by atoms with Crippen molar-refractivity contribution in [3.8, 4) is 0 Å². The van der Waals surface area contributed by atoms with E-state index in [2.05, 4.69) is 47.1 Å². The Bertz CT molecular complexity index is 389. The van der Waals surface area contributed by atoms with Crippen molar-refractivity contribution in [2.24, 2.45) is 5.41 Å². The lowest BCUT2D eigenvalue weighted by Gasteiger charge is -2.24. The molecule has 1 aromatic carbocycles. The number of hydrogen-bond donors (Lipinski definition) is 0. The van der Waals surface area contributed by atoms with Gasteiger partial charge in [-0.2, -0.15) is 0 Å². The van der Waals surface area contributed by atoms with Gasteiger partial charge in [-0.05, 0) is 43.5 Å². The van der Waals surface area contributed by atoms with Crippen LogP contribution in [0, 0.1) is 5.41 Å². The van der Waals surface area contributed by atoms with Crippen molar-refractivity contribution in [3.63, 3.8) is 0 Å². The first kappa shape index (κ1) is 12.2. The first-order valence-electron chi connectivity index (χ1n) is 7.28. The summed E-state index contributed by atoms with van der Waals surface area (Å²) in [6, 6.07) is 10.9. The third kappa shape index (κ3) is 2.45. The fourth-order valence-corrected chi connectivity index (χ4v) is 3.64. The Morgan fingerprint density at radius 2 is 1.67 bits per heavy atom. The maximum atomic E-state index is 2.65. The van der Waals surface area contributed by atoms with Gasteiger partial charge in [0.1, 0.15) is 0 Å². The van der Waals surface area contributed by atoms with Gasteiger partial charge in [0.15, 0.2) is 0 Å². The minimum Gasteiger partial charge on any atom is -0.303 e. The second kappa shape index (κ2) is 5.02. The topological polar surface area (TPSA) is 6.48 Å². The van der Waals surface area contributed by atoms with Crippen LogP contribution >= 0.6 is 0 Å². The van der Waals surface area contributed by atoms with Gasteiger partial charge in [0, 0.05) is 19.6 Å². The van der Waals surface area contributed by atoms with Crippen LogP contribution < -0.4 is 0 Å². The molecule has 1 spiro atoms. The van der Waals surface area contributed by atoms with Crippen LogP contribution in [0.5, 0.6) is 0 Å². The van der Waals surface area contributed by atoms with Gasteiger partial charge in [-0.25, -0.2) is 0 Å². The quantitative estimate of drug-likeness (QED) is 0.806. The van der Waals surface area contributed by atoms with E-state index in [9.17, 15) is 0 Å². The molecule has 1 atom stereocenters. The molecular weight excluding hydrogens is 220 g/mol. The lowest BCUT2D eigenvalue weighted by atomic mass is 9.86. The van der Waals surface area contributed by atoms with Gasteiger partial charge in [-0.15, -0.1) is 0 Å². The number of nitrogens with zero attached hydrogens (tertiary/aromatic N) is 2. The number of rotatable bonds is 3.